The van der Waals surface area contributed by atoms with Gasteiger partial charge in [-0.15, -0.1) is 0 Å². The Morgan fingerprint density at radius 1 is 0.930 bits per heavy atom. The van der Waals surface area contributed by atoms with E-state index >= 15 is 0 Å². The Balaban J connectivity index is 1.72. The minimum atomic E-state index is -4.16. The van der Waals surface area contributed by atoms with Crippen LogP contribution in [0, 0.1) is 6.92 Å². The van der Waals surface area contributed by atoms with E-state index in [2.05, 4.69) is 5.32 Å². The predicted molar refractivity (Wildman–Crippen MR) is 167 cm³/mol. The Kier molecular flexibility index (Phi) is 10.7. The van der Waals surface area contributed by atoms with Crippen molar-refractivity contribution in [1.29, 1.82) is 0 Å². The number of anilines is 1. The van der Waals surface area contributed by atoms with Crippen molar-refractivity contribution in [2.75, 3.05) is 25.1 Å². The van der Waals surface area contributed by atoms with Crippen molar-refractivity contribution in [2.45, 2.75) is 69.5 Å². The molecule has 1 saturated carbocycles. The lowest BCUT2D eigenvalue weighted by Gasteiger charge is -2.34. The highest BCUT2D eigenvalue weighted by atomic mass is 32.2. The van der Waals surface area contributed by atoms with Gasteiger partial charge in [0, 0.05) is 18.7 Å². The molecule has 0 aromatic heterocycles. The molecule has 0 unspecified atom stereocenters. The van der Waals surface area contributed by atoms with Crippen molar-refractivity contribution in [3.63, 3.8) is 0 Å². The van der Waals surface area contributed by atoms with E-state index in [1.807, 2.05) is 26.0 Å². The Morgan fingerprint density at radius 2 is 1.58 bits per heavy atom. The summed E-state index contributed by atoms with van der Waals surface area (Å²) >= 11 is 0. The summed E-state index contributed by atoms with van der Waals surface area (Å²) in [7, 11) is -1.09. The molecule has 0 aliphatic heterocycles. The lowest BCUT2D eigenvalue weighted by Crippen LogP contribution is -2.53. The Morgan fingerprint density at radius 3 is 2.19 bits per heavy atom. The first-order chi connectivity index (χ1) is 20.7. The van der Waals surface area contributed by atoms with Crippen molar-refractivity contribution in [3.8, 4) is 11.5 Å². The van der Waals surface area contributed by atoms with E-state index < -0.39 is 28.5 Å². The molecule has 1 fully saturated rings. The van der Waals surface area contributed by atoms with Gasteiger partial charge in [-0.2, -0.15) is 0 Å². The fourth-order valence-electron chi connectivity index (χ4n) is 5.35. The van der Waals surface area contributed by atoms with Crippen LogP contribution in [0.15, 0.2) is 77.7 Å². The molecule has 43 heavy (non-hydrogen) atoms. The average molecular weight is 608 g/mol. The lowest BCUT2D eigenvalue weighted by molar-refractivity contribution is -0.140. The normalized spacial score (nSPS) is 14.1. The van der Waals surface area contributed by atoms with Crippen LogP contribution in [0.4, 0.5) is 5.69 Å². The summed E-state index contributed by atoms with van der Waals surface area (Å²) in [5.74, 6) is 0.390. The molecule has 0 heterocycles. The number of ether oxygens (including phenoxy) is 2. The first-order valence-electron chi connectivity index (χ1n) is 14.6. The van der Waals surface area contributed by atoms with Crippen molar-refractivity contribution >= 4 is 27.5 Å². The van der Waals surface area contributed by atoms with Gasteiger partial charge < -0.3 is 19.7 Å². The van der Waals surface area contributed by atoms with E-state index in [1.54, 1.807) is 55.6 Å². The number of benzene rings is 3. The molecule has 1 N–H and O–H groups in total. The smallest absolute Gasteiger partial charge is 0.264 e. The fraction of sp³-hybridized carbons (Fsp3) is 0.394. The third-order valence-electron chi connectivity index (χ3n) is 7.83. The van der Waals surface area contributed by atoms with Crippen LogP contribution >= 0.6 is 0 Å². The van der Waals surface area contributed by atoms with Gasteiger partial charge in [-0.1, -0.05) is 55.7 Å². The Bertz CT molecular complexity index is 1490. The summed E-state index contributed by atoms with van der Waals surface area (Å²) in [4.78, 5) is 29.4. The van der Waals surface area contributed by atoms with Crippen LogP contribution in [-0.4, -0.2) is 58.0 Å². The number of amides is 2. The van der Waals surface area contributed by atoms with E-state index in [0.717, 1.165) is 41.1 Å². The molecule has 0 radical (unpaired) electrons. The van der Waals surface area contributed by atoms with Gasteiger partial charge in [-0.25, -0.2) is 8.42 Å². The molecule has 0 spiro atoms. The van der Waals surface area contributed by atoms with Gasteiger partial charge in [0.25, 0.3) is 10.0 Å². The maximum Gasteiger partial charge on any atom is 0.264 e. The third-order valence-corrected chi connectivity index (χ3v) is 9.62. The SMILES string of the molecule is CC[C@H](C(=O)NC1CCCC1)N(Cc1ccc(OC)cc1)C(=O)CN(c1cccc(OC)c1)S(=O)(=O)c1ccc(C)cc1. The number of sulfonamides is 1. The largest absolute Gasteiger partial charge is 0.497 e. The summed E-state index contributed by atoms with van der Waals surface area (Å²) in [6, 6.07) is 19.6. The molecule has 3 aromatic rings. The summed E-state index contributed by atoms with van der Waals surface area (Å²) in [6.45, 7) is 3.34. The van der Waals surface area contributed by atoms with Gasteiger partial charge in [0.15, 0.2) is 0 Å². The van der Waals surface area contributed by atoms with Gasteiger partial charge in [0.05, 0.1) is 24.8 Å². The van der Waals surface area contributed by atoms with Crippen molar-refractivity contribution in [3.05, 3.63) is 83.9 Å². The van der Waals surface area contributed by atoms with Crippen LogP contribution in [0.2, 0.25) is 0 Å². The highest BCUT2D eigenvalue weighted by molar-refractivity contribution is 7.92. The summed E-state index contributed by atoms with van der Waals surface area (Å²) in [5, 5.41) is 3.13. The number of hydrogen-bond acceptors (Lipinski definition) is 6. The summed E-state index contributed by atoms with van der Waals surface area (Å²) in [5.41, 5.74) is 1.98. The van der Waals surface area contributed by atoms with E-state index in [4.69, 9.17) is 9.47 Å². The summed E-state index contributed by atoms with van der Waals surface area (Å²) < 4.78 is 39.8. The molecule has 4 rings (SSSR count). The van der Waals surface area contributed by atoms with Crippen LogP contribution in [0.25, 0.3) is 0 Å². The minimum Gasteiger partial charge on any atom is -0.497 e. The third kappa shape index (κ3) is 7.87. The first kappa shape index (κ1) is 31.9. The number of methoxy groups -OCH3 is 2. The molecule has 230 valence electrons. The van der Waals surface area contributed by atoms with Crippen LogP contribution in [-0.2, 0) is 26.2 Å². The van der Waals surface area contributed by atoms with Gasteiger partial charge >= 0.3 is 0 Å². The maximum atomic E-state index is 14.3. The number of rotatable bonds is 13. The monoisotopic (exact) mass is 607 g/mol. The zero-order valence-electron chi connectivity index (χ0n) is 25.3. The van der Waals surface area contributed by atoms with Crippen LogP contribution in [0.1, 0.15) is 50.2 Å². The molecule has 3 aromatic carbocycles. The number of carbonyl (C=O) groups excluding carboxylic acids is 2. The highest BCUT2D eigenvalue weighted by Gasteiger charge is 2.34. The van der Waals surface area contributed by atoms with E-state index in [9.17, 15) is 18.0 Å². The molecule has 0 bridgehead atoms. The van der Waals surface area contributed by atoms with Crippen molar-refractivity contribution < 1.29 is 27.5 Å². The first-order valence-corrected chi connectivity index (χ1v) is 16.1. The zero-order valence-corrected chi connectivity index (χ0v) is 26.1. The standard InChI is InChI=1S/C33H41N3O6S/c1-5-31(33(38)34-26-9-6-7-10-26)35(22-25-15-17-28(41-3)18-16-25)32(37)23-36(27-11-8-12-29(21-27)42-4)43(39,40)30-19-13-24(2)14-20-30/h8,11-21,26,31H,5-7,9-10,22-23H2,1-4H3,(H,34,38)/t31-/m1/s1. The number of carbonyl (C=O) groups is 2. The van der Waals surface area contributed by atoms with Crippen molar-refractivity contribution in [1.82, 2.24) is 10.2 Å². The molecule has 1 aliphatic carbocycles. The molecular formula is C33H41N3O6S. The topological polar surface area (TPSA) is 105 Å². The lowest BCUT2D eigenvalue weighted by atomic mass is 10.1. The van der Waals surface area contributed by atoms with Gasteiger partial charge in [0.1, 0.15) is 24.1 Å². The summed E-state index contributed by atoms with van der Waals surface area (Å²) in [6.07, 6.45) is 4.30. The molecule has 10 heteroatoms. The number of nitrogens with one attached hydrogen (secondary N) is 1. The second kappa shape index (κ2) is 14.4. The highest BCUT2D eigenvalue weighted by Crippen LogP contribution is 2.28. The molecule has 9 nitrogen and oxygen atoms in total. The van der Waals surface area contributed by atoms with Gasteiger partial charge in [-0.3, -0.25) is 13.9 Å². The quantitative estimate of drug-likeness (QED) is 0.291. The number of nitrogens with zero attached hydrogens (tertiary/aromatic N) is 2. The predicted octanol–water partition coefficient (Wildman–Crippen LogP) is 5.07. The number of aryl methyl sites for hydroxylation is 1. The second-order valence-corrected chi connectivity index (χ2v) is 12.7. The Labute approximate surface area is 254 Å². The molecular weight excluding hydrogens is 566 g/mol. The average Bonchev–Trinajstić information content (AvgIpc) is 3.53. The minimum absolute atomic E-state index is 0.0569. The van der Waals surface area contributed by atoms with Crippen LogP contribution < -0.4 is 19.1 Å². The van der Waals surface area contributed by atoms with Crippen LogP contribution in [0.3, 0.4) is 0 Å². The van der Waals surface area contributed by atoms with E-state index in [-0.39, 0.29) is 29.1 Å². The van der Waals surface area contributed by atoms with E-state index in [0.29, 0.717) is 17.9 Å². The molecule has 1 atom stereocenters. The number of hydrogen-bond donors (Lipinski definition) is 1. The maximum absolute atomic E-state index is 14.3. The Hall–Kier alpha value is -4.05. The van der Waals surface area contributed by atoms with Gasteiger partial charge in [-0.05, 0) is 68.1 Å². The molecule has 1 aliphatic rings. The zero-order chi connectivity index (χ0) is 31.0. The second-order valence-electron chi connectivity index (χ2n) is 10.8. The molecule has 2 amide bonds. The van der Waals surface area contributed by atoms with Crippen LogP contribution in [0.5, 0.6) is 11.5 Å². The van der Waals surface area contributed by atoms with E-state index in [1.165, 1.54) is 24.1 Å². The fourth-order valence-corrected chi connectivity index (χ4v) is 6.75. The molecule has 0 saturated heterocycles. The van der Waals surface area contributed by atoms with Gasteiger partial charge in [0.2, 0.25) is 11.8 Å². The van der Waals surface area contributed by atoms with Crippen molar-refractivity contribution in [2.24, 2.45) is 0 Å².